The highest BCUT2D eigenvalue weighted by atomic mass is 16.5. The Bertz CT molecular complexity index is 604. The molecular weight excluding hydrogens is 248 g/mol. The van der Waals surface area contributed by atoms with E-state index in [1.807, 2.05) is 12.1 Å². The summed E-state index contributed by atoms with van der Waals surface area (Å²) < 4.78 is 5.87. The summed E-state index contributed by atoms with van der Waals surface area (Å²) in [4.78, 5) is 0. The molecule has 0 aromatic heterocycles. The van der Waals surface area contributed by atoms with Crippen LogP contribution >= 0.6 is 0 Å². The van der Waals surface area contributed by atoms with E-state index in [0.29, 0.717) is 6.61 Å². The summed E-state index contributed by atoms with van der Waals surface area (Å²) >= 11 is 0. The summed E-state index contributed by atoms with van der Waals surface area (Å²) in [7, 11) is 0. The Hall–Kier alpha value is -1.80. The normalized spacial score (nSPS) is 17.6. The van der Waals surface area contributed by atoms with Gasteiger partial charge in [0.25, 0.3) is 0 Å². The summed E-state index contributed by atoms with van der Waals surface area (Å²) in [6, 6.07) is 14.4. The van der Waals surface area contributed by atoms with Crippen molar-refractivity contribution in [3.8, 4) is 5.75 Å². The van der Waals surface area contributed by atoms with Crippen molar-refractivity contribution >= 4 is 0 Å². The molecule has 0 saturated heterocycles. The van der Waals surface area contributed by atoms with Gasteiger partial charge in [0.05, 0.1) is 6.10 Å². The number of benzene rings is 2. The van der Waals surface area contributed by atoms with Crippen molar-refractivity contribution in [1.82, 2.24) is 0 Å². The summed E-state index contributed by atoms with van der Waals surface area (Å²) in [6.07, 6.45) is 2.66. The molecule has 1 aliphatic carbocycles. The van der Waals surface area contributed by atoms with Crippen molar-refractivity contribution in [1.29, 1.82) is 0 Å². The van der Waals surface area contributed by atoms with Gasteiger partial charge in [-0.2, -0.15) is 0 Å². The largest absolute Gasteiger partial charge is 0.489 e. The third-order valence-corrected chi connectivity index (χ3v) is 3.89. The van der Waals surface area contributed by atoms with Gasteiger partial charge < -0.3 is 9.84 Å². The maximum Gasteiger partial charge on any atom is 0.120 e. The van der Waals surface area contributed by atoms with Gasteiger partial charge >= 0.3 is 0 Å². The Morgan fingerprint density at radius 2 is 2.10 bits per heavy atom. The number of hydrogen-bond donors (Lipinski definition) is 1. The molecule has 0 fully saturated rings. The quantitative estimate of drug-likeness (QED) is 0.913. The van der Waals surface area contributed by atoms with E-state index in [2.05, 4.69) is 37.3 Å². The molecule has 3 rings (SSSR count). The predicted octanol–water partition coefficient (Wildman–Crippen LogP) is 3.94. The van der Waals surface area contributed by atoms with Crippen molar-refractivity contribution in [2.75, 3.05) is 0 Å². The van der Waals surface area contributed by atoms with E-state index in [-0.39, 0.29) is 6.10 Å². The zero-order chi connectivity index (χ0) is 13.9. The minimum Gasteiger partial charge on any atom is -0.489 e. The van der Waals surface area contributed by atoms with E-state index < -0.39 is 0 Å². The van der Waals surface area contributed by atoms with Gasteiger partial charge in [-0.25, -0.2) is 0 Å². The molecule has 2 aromatic carbocycles. The molecule has 1 unspecified atom stereocenters. The van der Waals surface area contributed by atoms with E-state index in [1.54, 1.807) is 0 Å². The molecule has 104 valence electrons. The molecule has 0 aliphatic heterocycles. The summed E-state index contributed by atoms with van der Waals surface area (Å²) in [5.41, 5.74) is 4.73. The van der Waals surface area contributed by atoms with Crippen LogP contribution in [-0.4, -0.2) is 5.11 Å². The van der Waals surface area contributed by atoms with Gasteiger partial charge in [-0.1, -0.05) is 35.9 Å². The molecular formula is C18H20O2. The van der Waals surface area contributed by atoms with Crippen molar-refractivity contribution in [3.05, 3.63) is 64.7 Å². The van der Waals surface area contributed by atoms with Gasteiger partial charge in [0.2, 0.25) is 0 Å². The lowest BCUT2D eigenvalue weighted by atomic mass is 9.89. The number of aliphatic hydroxyl groups is 1. The maximum absolute atomic E-state index is 9.95. The molecule has 1 aliphatic rings. The minimum absolute atomic E-state index is 0.301. The monoisotopic (exact) mass is 268 g/mol. The van der Waals surface area contributed by atoms with Crippen LogP contribution < -0.4 is 4.74 Å². The van der Waals surface area contributed by atoms with Gasteiger partial charge in [0, 0.05) is 0 Å². The Labute approximate surface area is 120 Å². The number of aryl methyl sites for hydroxylation is 2. The summed E-state index contributed by atoms with van der Waals surface area (Å²) in [5.74, 6) is 0.888. The molecule has 0 bridgehead atoms. The van der Waals surface area contributed by atoms with Crippen LogP contribution in [0, 0.1) is 6.92 Å². The second-order valence-corrected chi connectivity index (χ2v) is 5.55. The molecule has 0 amide bonds. The average molecular weight is 268 g/mol. The van der Waals surface area contributed by atoms with Crippen LogP contribution in [0.3, 0.4) is 0 Å². The summed E-state index contributed by atoms with van der Waals surface area (Å²) in [5, 5.41) is 9.95. The van der Waals surface area contributed by atoms with E-state index in [4.69, 9.17) is 4.74 Å². The standard InChI is InChI=1S/C18H20O2/c1-13-4-2-5-14(10-13)12-20-16-8-9-17-15(11-16)6-3-7-18(17)19/h2,4-5,8-11,18-19H,3,6-7,12H2,1H3. The third kappa shape index (κ3) is 2.86. The highest BCUT2D eigenvalue weighted by Crippen LogP contribution is 2.32. The predicted molar refractivity (Wildman–Crippen MR) is 79.9 cm³/mol. The molecule has 2 heteroatoms. The van der Waals surface area contributed by atoms with Crippen LogP contribution in [0.15, 0.2) is 42.5 Å². The lowest BCUT2D eigenvalue weighted by molar-refractivity contribution is 0.156. The lowest BCUT2D eigenvalue weighted by Crippen LogP contribution is -2.09. The Morgan fingerprint density at radius 3 is 2.95 bits per heavy atom. The van der Waals surface area contributed by atoms with Gasteiger partial charge in [-0.15, -0.1) is 0 Å². The van der Waals surface area contributed by atoms with Crippen molar-refractivity contribution in [2.45, 2.75) is 38.9 Å². The van der Waals surface area contributed by atoms with Gasteiger partial charge in [0.1, 0.15) is 12.4 Å². The van der Waals surface area contributed by atoms with Crippen molar-refractivity contribution in [3.63, 3.8) is 0 Å². The Kier molecular flexibility index (Phi) is 3.75. The first-order valence-electron chi connectivity index (χ1n) is 7.21. The van der Waals surface area contributed by atoms with Gasteiger partial charge in [-0.05, 0) is 55.0 Å². The highest BCUT2D eigenvalue weighted by Gasteiger charge is 2.18. The van der Waals surface area contributed by atoms with E-state index >= 15 is 0 Å². The van der Waals surface area contributed by atoms with E-state index in [9.17, 15) is 5.11 Å². The number of aliphatic hydroxyl groups excluding tert-OH is 1. The minimum atomic E-state index is -0.301. The van der Waals surface area contributed by atoms with Gasteiger partial charge in [0.15, 0.2) is 0 Å². The highest BCUT2D eigenvalue weighted by molar-refractivity contribution is 5.38. The molecule has 2 nitrogen and oxygen atoms in total. The molecule has 20 heavy (non-hydrogen) atoms. The molecule has 0 heterocycles. The number of hydrogen-bond acceptors (Lipinski definition) is 2. The first kappa shape index (κ1) is 13.2. The second-order valence-electron chi connectivity index (χ2n) is 5.55. The summed E-state index contributed by atoms with van der Waals surface area (Å²) in [6.45, 7) is 2.67. The number of rotatable bonds is 3. The average Bonchev–Trinajstić information content (AvgIpc) is 2.45. The fraction of sp³-hybridized carbons (Fsp3) is 0.333. The first-order chi connectivity index (χ1) is 9.72. The van der Waals surface area contributed by atoms with Crippen molar-refractivity contribution in [2.24, 2.45) is 0 Å². The van der Waals surface area contributed by atoms with Crippen LogP contribution in [0.5, 0.6) is 5.75 Å². The molecule has 0 radical (unpaired) electrons. The molecule has 2 aromatic rings. The zero-order valence-corrected chi connectivity index (χ0v) is 11.8. The second kappa shape index (κ2) is 5.68. The SMILES string of the molecule is Cc1cccc(COc2ccc3c(c2)CCCC3O)c1. The van der Waals surface area contributed by atoms with E-state index in [1.165, 1.54) is 16.7 Å². The fourth-order valence-corrected chi connectivity index (χ4v) is 2.82. The first-order valence-corrected chi connectivity index (χ1v) is 7.21. The number of ether oxygens (including phenoxy) is 1. The van der Waals surface area contributed by atoms with Crippen LogP contribution in [0.25, 0.3) is 0 Å². The molecule has 1 atom stereocenters. The van der Waals surface area contributed by atoms with Crippen molar-refractivity contribution < 1.29 is 9.84 Å². The Balaban J connectivity index is 1.72. The lowest BCUT2D eigenvalue weighted by Gasteiger charge is -2.21. The Morgan fingerprint density at radius 1 is 1.20 bits per heavy atom. The van der Waals surface area contributed by atoms with Crippen LogP contribution in [0.1, 0.15) is 41.2 Å². The number of fused-ring (bicyclic) bond motifs is 1. The molecule has 1 N–H and O–H groups in total. The smallest absolute Gasteiger partial charge is 0.120 e. The van der Waals surface area contributed by atoms with Gasteiger partial charge in [-0.3, -0.25) is 0 Å². The van der Waals surface area contributed by atoms with Crippen LogP contribution in [0.4, 0.5) is 0 Å². The topological polar surface area (TPSA) is 29.5 Å². The third-order valence-electron chi connectivity index (χ3n) is 3.89. The fourth-order valence-electron chi connectivity index (χ4n) is 2.82. The van der Waals surface area contributed by atoms with Crippen LogP contribution in [-0.2, 0) is 13.0 Å². The van der Waals surface area contributed by atoms with Crippen LogP contribution in [0.2, 0.25) is 0 Å². The zero-order valence-electron chi connectivity index (χ0n) is 11.8. The molecule has 0 saturated carbocycles. The van der Waals surface area contributed by atoms with E-state index in [0.717, 1.165) is 30.6 Å². The molecule has 0 spiro atoms. The maximum atomic E-state index is 9.95.